The Balaban J connectivity index is 2.13. The Morgan fingerprint density at radius 1 is 1.38 bits per heavy atom. The van der Waals surface area contributed by atoms with E-state index in [-0.39, 0.29) is 0 Å². The van der Waals surface area contributed by atoms with E-state index in [1.165, 1.54) is 25.7 Å². The van der Waals surface area contributed by atoms with E-state index in [0.29, 0.717) is 5.41 Å². The third kappa shape index (κ3) is 0.594. The van der Waals surface area contributed by atoms with Crippen molar-refractivity contribution in [1.29, 1.82) is 0 Å². The van der Waals surface area contributed by atoms with Crippen LogP contribution in [0.1, 0.15) is 25.7 Å². The lowest BCUT2D eigenvalue weighted by atomic mass is 9.93. The second kappa shape index (κ2) is 1.37. The van der Waals surface area contributed by atoms with Gasteiger partial charge in [0.25, 0.3) is 0 Å². The van der Waals surface area contributed by atoms with Crippen LogP contribution in [0, 0.1) is 11.8 Å². The van der Waals surface area contributed by atoms with E-state index in [1.54, 1.807) is 0 Å². The molecule has 1 saturated carbocycles. The first kappa shape index (κ1) is 4.60. The minimum atomic E-state index is 0.623. The zero-order valence-electron chi connectivity index (χ0n) is 5.06. The minimum absolute atomic E-state index is 0.623. The largest absolute Gasteiger partial charge is 0.0880 e. The lowest BCUT2D eigenvalue weighted by Gasteiger charge is -2.12. The summed E-state index contributed by atoms with van der Waals surface area (Å²) in [5.41, 5.74) is 0.623. The van der Waals surface area contributed by atoms with E-state index < -0.39 is 0 Å². The normalized spacial score (nSPS) is 31.0. The number of hydrogen-bond acceptors (Lipinski definition) is 0. The quantitative estimate of drug-likeness (QED) is 0.417. The van der Waals surface area contributed by atoms with Gasteiger partial charge < -0.3 is 0 Å². The van der Waals surface area contributed by atoms with Crippen LogP contribution in [0.25, 0.3) is 0 Å². The van der Waals surface area contributed by atoms with E-state index in [2.05, 4.69) is 18.6 Å². The zero-order chi connectivity index (χ0) is 5.45. The highest BCUT2D eigenvalue weighted by Gasteiger charge is 2.40. The van der Waals surface area contributed by atoms with Crippen molar-refractivity contribution in [3.05, 3.63) is 18.6 Å². The Morgan fingerprint density at radius 2 is 2.25 bits per heavy atom. The molecule has 1 radical (unpaired) electrons. The summed E-state index contributed by atoms with van der Waals surface area (Å²) in [6.45, 7) is 0. The van der Waals surface area contributed by atoms with E-state index in [1.807, 2.05) is 0 Å². The summed E-state index contributed by atoms with van der Waals surface area (Å²) in [6, 6.07) is 0. The van der Waals surface area contributed by atoms with Crippen LogP contribution in [0.3, 0.4) is 0 Å². The highest BCUT2D eigenvalue weighted by atomic mass is 14.4. The monoisotopic (exact) mass is 107 g/mol. The second-order valence-electron chi connectivity index (χ2n) is 2.94. The van der Waals surface area contributed by atoms with Crippen LogP contribution in [-0.4, -0.2) is 0 Å². The van der Waals surface area contributed by atoms with Crippen molar-refractivity contribution in [3.8, 4) is 0 Å². The Labute approximate surface area is 50.6 Å². The van der Waals surface area contributed by atoms with Crippen molar-refractivity contribution in [2.75, 3.05) is 0 Å². The molecule has 0 saturated heterocycles. The van der Waals surface area contributed by atoms with Gasteiger partial charge in [-0.25, -0.2) is 0 Å². The first-order chi connectivity index (χ1) is 3.91. The molecule has 2 aliphatic carbocycles. The van der Waals surface area contributed by atoms with E-state index >= 15 is 0 Å². The Bertz CT molecular complexity index is 118. The molecule has 0 aliphatic heterocycles. The molecule has 2 rings (SSSR count). The fourth-order valence-electron chi connectivity index (χ4n) is 1.42. The van der Waals surface area contributed by atoms with E-state index in [4.69, 9.17) is 0 Å². The second-order valence-corrected chi connectivity index (χ2v) is 2.94. The van der Waals surface area contributed by atoms with Crippen molar-refractivity contribution in [2.45, 2.75) is 25.7 Å². The number of allylic oxidation sites excluding steroid dienone is 2. The summed E-state index contributed by atoms with van der Waals surface area (Å²) in [6.07, 6.45) is 12.6. The summed E-state index contributed by atoms with van der Waals surface area (Å²) in [7, 11) is 0. The van der Waals surface area contributed by atoms with Crippen LogP contribution >= 0.6 is 0 Å². The molecule has 0 aromatic heterocycles. The Kier molecular flexibility index (Phi) is 0.787. The molecule has 1 unspecified atom stereocenters. The van der Waals surface area contributed by atoms with Gasteiger partial charge in [-0.3, -0.25) is 0 Å². The van der Waals surface area contributed by atoms with Gasteiger partial charge in [-0.2, -0.15) is 0 Å². The maximum atomic E-state index is 2.42. The molecule has 0 N–H and O–H groups in total. The first-order valence-corrected chi connectivity index (χ1v) is 3.43. The standard InChI is InChI=1S/C8H11/c1-2-4-8(5-3-1)6-7-8/h2,4,6H,1,3,5,7H2. The summed E-state index contributed by atoms with van der Waals surface area (Å²) in [5, 5.41) is 0. The molecule has 1 atom stereocenters. The van der Waals surface area contributed by atoms with Crippen LogP contribution in [-0.2, 0) is 0 Å². The van der Waals surface area contributed by atoms with Crippen molar-refractivity contribution >= 4 is 0 Å². The molecule has 43 valence electrons. The maximum absolute atomic E-state index is 2.42. The van der Waals surface area contributed by atoms with Crippen LogP contribution in [0.4, 0.5) is 0 Å². The molecule has 0 aromatic rings. The highest BCUT2D eigenvalue weighted by molar-refractivity contribution is 5.22. The first-order valence-electron chi connectivity index (χ1n) is 3.43. The van der Waals surface area contributed by atoms with Crippen LogP contribution in [0.2, 0.25) is 0 Å². The average Bonchev–Trinajstić information content (AvgIpc) is 2.52. The average molecular weight is 107 g/mol. The predicted molar refractivity (Wildman–Crippen MR) is 34.3 cm³/mol. The molecule has 1 fully saturated rings. The molecule has 8 heavy (non-hydrogen) atoms. The van der Waals surface area contributed by atoms with Crippen molar-refractivity contribution < 1.29 is 0 Å². The summed E-state index contributed by atoms with van der Waals surface area (Å²) in [5.74, 6) is 0. The third-order valence-corrected chi connectivity index (χ3v) is 2.19. The van der Waals surface area contributed by atoms with Gasteiger partial charge in [0, 0.05) is 0 Å². The minimum Gasteiger partial charge on any atom is -0.0880 e. The molecule has 0 heterocycles. The molecule has 1 spiro atoms. The number of hydrogen-bond donors (Lipinski definition) is 0. The van der Waals surface area contributed by atoms with E-state index in [0.717, 1.165) is 0 Å². The Hall–Kier alpha value is -0.260. The van der Waals surface area contributed by atoms with Crippen LogP contribution in [0.15, 0.2) is 12.2 Å². The summed E-state index contributed by atoms with van der Waals surface area (Å²) in [4.78, 5) is 0. The summed E-state index contributed by atoms with van der Waals surface area (Å²) >= 11 is 0. The van der Waals surface area contributed by atoms with Gasteiger partial charge >= 0.3 is 0 Å². The van der Waals surface area contributed by atoms with Crippen molar-refractivity contribution in [3.63, 3.8) is 0 Å². The lowest BCUT2D eigenvalue weighted by molar-refractivity contribution is 0.549. The van der Waals surface area contributed by atoms with Gasteiger partial charge in [0.15, 0.2) is 0 Å². The molecule has 0 heteroatoms. The van der Waals surface area contributed by atoms with Crippen LogP contribution in [0.5, 0.6) is 0 Å². The molecular formula is C8H11. The fourth-order valence-corrected chi connectivity index (χ4v) is 1.42. The molecular weight excluding hydrogens is 96.1 g/mol. The van der Waals surface area contributed by atoms with Gasteiger partial charge in [0.2, 0.25) is 0 Å². The van der Waals surface area contributed by atoms with Gasteiger partial charge in [-0.05, 0) is 37.5 Å². The molecule has 0 nitrogen and oxygen atoms in total. The number of rotatable bonds is 0. The lowest BCUT2D eigenvalue weighted by Crippen LogP contribution is -1.98. The fraction of sp³-hybridized carbons (Fsp3) is 0.625. The molecule has 0 aromatic carbocycles. The van der Waals surface area contributed by atoms with Gasteiger partial charge in [0.1, 0.15) is 0 Å². The molecule has 0 bridgehead atoms. The summed E-state index contributed by atoms with van der Waals surface area (Å²) < 4.78 is 0. The molecule has 0 amide bonds. The topological polar surface area (TPSA) is 0 Å². The Morgan fingerprint density at radius 3 is 2.62 bits per heavy atom. The van der Waals surface area contributed by atoms with Crippen molar-refractivity contribution in [1.82, 2.24) is 0 Å². The highest BCUT2D eigenvalue weighted by Crippen LogP contribution is 2.51. The van der Waals surface area contributed by atoms with Crippen LogP contribution < -0.4 is 0 Å². The zero-order valence-corrected chi connectivity index (χ0v) is 5.06. The van der Waals surface area contributed by atoms with Gasteiger partial charge in [-0.1, -0.05) is 12.2 Å². The smallest absolute Gasteiger partial charge is 0.00835 e. The van der Waals surface area contributed by atoms with Gasteiger partial charge in [-0.15, -0.1) is 0 Å². The van der Waals surface area contributed by atoms with Gasteiger partial charge in [0.05, 0.1) is 0 Å². The SMILES string of the molecule is [CH]1CC12C=CCCC2. The third-order valence-electron chi connectivity index (χ3n) is 2.19. The predicted octanol–water partition coefficient (Wildman–Crippen LogP) is 2.32. The van der Waals surface area contributed by atoms with E-state index in [9.17, 15) is 0 Å². The van der Waals surface area contributed by atoms with Crippen molar-refractivity contribution in [2.24, 2.45) is 5.41 Å². The molecule has 2 aliphatic rings. The maximum Gasteiger partial charge on any atom is -0.00835 e.